The Morgan fingerprint density at radius 2 is 2.17 bits per heavy atom. The largest absolute Gasteiger partial charge is 0.491 e. The quantitative estimate of drug-likeness (QED) is 0.754. The molecule has 0 unspecified atom stereocenters. The molecule has 0 aliphatic carbocycles. The molecule has 0 saturated heterocycles. The van der Waals surface area contributed by atoms with Crippen molar-refractivity contribution in [1.29, 1.82) is 0 Å². The summed E-state index contributed by atoms with van der Waals surface area (Å²) in [6.07, 6.45) is 3.47. The van der Waals surface area contributed by atoms with Crippen LogP contribution < -0.4 is 10.1 Å². The van der Waals surface area contributed by atoms with Crippen LogP contribution in [0.25, 0.3) is 0 Å². The number of hydrogen-bond donors (Lipinski definition) is 1. The van der Waals surface area contributed by atoms with E-state index in [1.165, 1.54) is 18.4 Å². The van der Waals surface area contributed by atoms with E-state index < -0.39 is 0 Å². The van der Waals surface area contributed by atoms with E-state index in [0.29, 0.717) is 13.2 Å². The van der Waals surface area contributed by atoms with Gasteiger partial charge in [0.1, 0.15) is 24.0 Å². The van der Waals surface area contributed by atoms with E-state index in [9.17, 15) is 0 Å². The number of fused-ring (bicyclic) bond motifs is 1. The Kier molecular flexibility index (Phi) is 5.82. The zero-order valence-electron chi connectivity index (χ0n) is 14.5. The van der Waals surface area contributed by atoms with Gasteiger partial charge >= 0.3 is 0 Å². The van der Waals surface area contributed by atoms with Gasteiger partial charge in [0.25, 0.3) is 0 Å². The van der Waals surface area contributed by atoms with E-state index in [2.05, 4.69) is 39.1 Å². The number of hydrogen-bond acceptors (Lipinski definition) is 5. The van der Waals surface area contributed by atoms with Crippen LogP contribution in [0.4, 0.5) is 0 Å². The summed E-state index contributed by atoms with van der Waals surface area (Å²) in [6, 6.07) is 8.32. The third-order valence-corrected chi connectivity index (χ3v) is 4.34. The standard InChI is InChI=1S/C18H26N4O2/c1-14(18-21-20-17-8-3-4-9-22(17)18)19-13-15-6-5-7-16(12-15)24-11-10-23-2/h5-7,12,14,19H,3-4,8-11,13H2,1-2H3/t14-/m1/s1. The molecule has 24 heavy (non-hydrogen) atoms. The molecule has 130 valence electrons. The topological polar surface area (TPSA) is 61.2 Å². The average molecular weight is 330 g/mol. The van der Waals surface area contributed by atoms with Crippen LogP contribution in [-0.4, -0.2) is 35.1 Å². The molecule has 0 bridgehead atoms. The summed E-state index contributed by atoms with van der Waals surface area (Å²) < 4.78 is 12.9. The maximum Gasteiger partial charge on any atom is 0.149 e. The van der Waals surface area contributed by atoms with Gasteiger partial charge in [-0.15, -0.1) is 10.2 Å². The first-order valence-electron chi connectivity index (χ1n) is 8.64. The molecule has 1 aliphatic heterocycles. The molecule has 0 radical (unpaired) electrons. The summed E-state index contributed by atoms with van der Waals surface area (Å²) in [4.78, 5) is 0. The van der Waals surface area contributed by atoms with Gasteiger partial charge < -0.3 is 19.4 Å². The second-order valence-electron chi connectivity index (χ2n) is 6.17. The lowest BCUT2D eigenvalue weighted by molar-refractivity contribution is 0.146. The molecule has 1 aromatic carbocycles. The van der Waals surface area contributed by atoms with E-state index in [4.69, 9.17) is 9.47 Å². The molecule has 0 spiro atoms. The van der Waals surface area contributed by atoms with Crippen molar-refractivity contribution in [2.75, 3.05) is 20.3 Å². The molecular weight excluding hydrogens is 304 g/mol. The smallest absolute Gasteiger partial charge is 0.149 e. The SMILES string of the molecule is COCCOc1cccc(CN[C@H](C)c2nnc3n2CCCC3)c1. The maximum absolute atomic E-state index is 5.66. The molecule has 1 N–H and O–H groups in total. The molecule has 1 aromatic heterocycles. The third-order valence-electron chi connectivity index (χ3n) is 4.34. The van der Waals surface area contributed by atoms with Crippen LogP contribution >= 0.6 is 0 Å². The lowest BCUT2D eigenvalue weighted by atomic mass is 10.1. The monoisotopic (exact) mass is 330 g/mol. The second kappa shape index (κ2) is 8.26. The molecule has 3 rings (SSSR count). The zero-order valence-corrected chi connectivity index (χ0v) is 14.5. The van der Waals surface area contributed by atoms with Crippen molar-refractivity contribution in [3.8, 4) is 5.75 Å². The summed E-state index contributed by atoms with van der Waals surface area (Å²) in [7, 11) is 1.67. The fraction of sp³-hybridized carbons (Fsp3) is 0.556. The van der Waals surface area contributed by atoms with Gasteiger partial charge in [-0.05, 0) is 37.5 Å². The van der Waals surface area contributed by atoms with Crippen LogP contribution in [-0.2, 0) is 24.2 Å². The highest BCUT2D eigenvalue weighted by Crippen LogP contribution is 2.19. The van der Waals surface area contributed by atoms with E-state index >= 15 is 0 Å². The summed E-state index contributed by atoms with van der Waals surface area (Å²) in [5, 5.41) is 12.3. The van der Waals surface area contributed by atoms with Gasteiger partial charge in [0.15, 0.2) is 0 Å². The molecule has 2 heterocycles. The first-order chi connectivity index (χ1) is 11.8. The van der Waals surface area contributed by atoms with Crippen molar-refractivity contribution in [2.45, 2.75) is 45.3 Å². The van der Waals surface area contributed by atoms with Gasteiger partial charge in [0.05, 0.1) is 12.6 Å². The predicted octanol–water partition coefficient (Wildman–Crippen LogP) is 2.49. The molecular formula is C18H26N4O2. The number of ether oxygens (including phenoxy) is 2. The van der Waals surface area contributed by atoms with Crippen LogP contribution in [0.15, 0.2) is 24.3 Å². The number of aromatic nitrogens is 3. The minimum Gasteiger partial charge on any atom is -0.491 e. The Morgan fingerprint density at radius 1 is 1.25 bits per heavy atom. The minimum atomic E-state index is 0.169. The summed E-state index contributed by atoms with van der Waals surface area (Å²) in [5.74, 6) is 3.04. The predicted molar refractivity (Wildman–Crippen MR) is 92.0 cm³/mol. The third kappa shape index (κ3) is 4.13. The Bertz CT molecular complexity index is 656. The maximum atomic E-state index is 5.66. The normalized spacial score (nSPS) is 15.1. The van der Waals surface area contributed by atoms with E-state index in [1.54, 1.807) is 7.11 Å². The van der Waals surface area contributed by atoms with Gasteiger partial charge in [-0.2, -0.15) is 0 Å². The van der Waals surface area contributed by atoms with E-state index in [-0.39, 0.29) is 6.04 Å². The van der Waals surface area contributed by atoms with Crippen molar-refractivity contribution in [3.63, 3.8) is 0 Å². The first kappa shape index (κ1) is 16.9. The lowest BCUT2D eigenvalue weighted by Crippen LogP contribution is -2.23. The fourth-order valence-corrected chi connectivity index (χ4v) is 3.00. The van der Waals surface area contributed by atoms with E-state index in [1.807, 2.05) is 12.1 Å². The number of rotatable bonds is 8. The highest BCUT2D eigenvalue weighted by molar-refractivity contribution is 5.28. The Morgan fingerprint density at radius 3 is 3.04 bits per heavy atom. The Balaban J connectivity index is 1.57. The van der Waals surface area contributed by atoms with Crippen LogP contribution in [0.2, 0.25) is 0 Å². The molecule has 6 heteroatoms. The van der Waals surface area contributed by atoms with Gasteiger partial charge in [-0.25, -0.2) is 0 Å². The Hall–Kier alpha value is -1.92. The molecule has 0 fully saturated rings. The molecule has 2 aromatic rings. The van der Waals surface area contributed by atoms with Crippen molar-refractivity contribution >= 4 is 0 Å². The van der Waals surface area contributed by atoms with Crippen molar-refractivity contribution in [1.82, 2.24) is 20.1 Å². The lowest BCUT2D eigenvalue weighted by Gasteiger charge is -2.19. The minimum absolute atomic E-state index is 0.169. The fourth-order valence-electron chi connectivity index (χ4n) is 3.00. The van der Waals surface area contributed by atoms with Crippen molar-refractivity contribution in [3.05, 3.63) is 41.5 Å². The van der Waals surface area contributed by atoms with Gasteiger partial charge in [0, 0.05) is 26.6 Å². The summed E-state index contributed by atoms with van der Waals surface area (Å²) >= 11 is 0. The van der Waals surface area contributed by atoms with Crippen LogP contribution in [0.3, 0.4) is 0 Å². The number of methoxy groups -OCH3 is 1. The molecule has 6 nitrogen and oxygen atoms in total. The second-order valence-corrected chi connectivity index (χ2v) is 6.17. The number of aryl methyl sites for hydroxylation is 1. The van der Waals surface area contributed by atoms with E-state index in [0.717, 1.165) is 36.9 Å². The summed E-state index contributed by atoms with van der Waals surface area (Å²) in [5.41, 5.74) is 1.19. The number of nitrogens with zero attached hydrogens (tertiary/aromatic N) is 3. The zero-order chi connectivity index (χ0) is 16.8. The summed E-state index contributed by atoms with van der Waals surface area (Å²) in [6.45, 7) is 5.11. The molecule has 0 saturated carbocycles. The number of nitrogens with one attached hydrogen (secondary N) is 1. The molecule has 0 amide bonds. The van der Waals surface area contributed by atoms with Crippen LogP contribution in [0, 0.1) is 0 Å². The Labute approximate surface area is 143 Å². The molecule has 1 atom stereocenters. The molecule has 1 aliphatic rings. The van der Waals surface area contributed by atoms with Gasteiger partial charge in [-0.3, -0.25) is 0 Å². The van der Waals surface area contributed by atoms with Gasteiger partial charge in [0.2, 0.25) is 0 Å². The van der Waals surface area contributed by atoms with Gasteiger partial charge in [-0.1, -0.05) is 12.1 Å². The highest BCUT2D eigenvalue weighted by atomic mass is 16.5. The van der Waals surface area contributed by atoms with Crippen molar-refractivity contribution < 1.29 is 9.47 Å². The highest BCUT2D eigenvalue weighted by Gasteiger charge is 2.19. The van der Waals surface area contributed by atoms with Crippen LogP contribution in [0.1, 0.15) is 43.0 Å². The first-order valence-corrected chi connectivity index (χ1v) is 8.64. The van der Waals surface area contributed by atoms with Crippen LogP contribution in [0.5, 0.6) is 5.75 Å². The number of benzene rings is 1. The average Bonchev–Trinajstić information content (AvgIpc) is 3.04. The van der Waals surface area contributed by atoms with Crippen molar-refractivity contribution in [2.24, 2.45) is 0 Å².